The average Bonchev–Trinajstić information content (AvgIpc) is 2.24. The number of carboxylic acids is 1. The molecule has 96 valence electrons. The van der Waals surface area contributed by atoms with E-state index in [0.29, 0.717) is 19.3 Å². The van der Waals surface area contributed by atoms with Crippen LogP contribution < -0.4 is 5.32 Å². The number of hydrogen-bond acceptors (Lipinski definition) is 3. The van der Waals surface area contributed by atoms with Gasteiger partial charge in [0.25, 0.3) is 0 Å². The van der Waals surface area contributed by atoms with Crippen molar-refractivity contribution in [2.75, 3.05) is 0 Å². The molecule has 5 nitrogen and oxygen atoms in total. The Morgan fingerprint density at radius 1 is 1.41 bits per heavy atom. The molecular formula is C12H19NO4. The quantitative estimate of drug-likeness (QED) is 0.768. The molecule has 2 atom stereocenters. The van der Waals surface area contributed by atoms with Gasteiger partial charge >= 0.3 is 5.97 Å². The van der Waals surface area contributed by atoms with E-state index in [9.17, 15) is 14.4 Å². The summed E-state index contributed by atoms with van der Waals surface area (Å²) in [6, 6.07) is -0.936. The van der Waals surface area contributed by atoms with Crippen molar-refractivity contribution >= 4 is 17.7 Å². The lowest BCUT2D eigenvalue weighted by Crippen LogP contribution is -2.48. The van der Waals surface area contributed by atoms with Gasteiger partial charge in [0.1, 0.15) is 11.8 Å². The van der Waals surface area contributed by atoms with E-state index in [0.717, 1.165) is 0 Å². The van der Waals surface area contributed by atoms with Gasteiger partial charge < -0.3 is 10.4 Å². The molecule has 1 fully saturated rings. The molecule has 0 aromatic rings. The van der Waals surface area contributed by atoms with Crippen LogP contribution in [0, 0.1) is 11.8 Å². The van der Waals surface area contributed by atoms with Gasteiger partial charge in [-0.2, -0.15) is 0 Å². The number of nitrogens with one attached hydrogen (secondary N) is 1. The summed E-state index contributed by atoms with van der Waals surface area (Å²) < 4.78 is 0. The van der Waals surface area contributed by atoms with Gasteiger partial charge in [-0.05, 0) is 18.8 Å². The molecule has 0 aromatic heterocycles. The van der Waals surface area contributed by atoms with Crippen LogP contribution in [-0.2, 0) is 14.4 Å². The third-order valence-electron chi connectivity index (χ3n) is 3.08. The first-order valence-corrected chi connectivity index (χ1v) is 5.96. The molecule has 0 aliphatic heterocycles. The minimum atomic E-state index is -1.06. The van der Waals surface area contributed by atoms with E-state index in [1.807, 2.05) is 0 Å². The molecule has 1 amide bonds. The molecule has 0 radical (unpaired) electrons. The van der Waals surface area contributed by atoms with Crippen LogP contribution in [0.3, 0.4) is 0 Å². The van der Waals surface area contributed by atoms with Crippen molar-refractivity contribution in [3.05, 3.63) is 0 Å². The zero-order valence-electron chi connectivity index (χ0n) is 10.2. The smallest absolute Gasteiger partial charge is 0.326 e. The van der Waals surface area contributed by atoms with Gasteiger partial charge in [0.15, 0.2) is 0 Å². The van der Waals surface area contributed by atoms with Crippen LogP contribution >= 0.6 is 0 Å². The average molecular weight is 241 g/mol. The SMILES string of the molecule is CC(C)C(=O)N[C@@H](C(=O)O)[C@H]1CCCC(=O)C1. The maximum atomic E-state index is 11.5. The maximum absolute atomic E-state index is 11.5. The molecule has 2 N–H and O–H groups in total. The summed E-state index contributed by atoms with van der Waals surface area (Å²) in [6.45, 7) is 3.42. The monoisotopic (exact) mass is 241 g/mol. The first-order chi connectivity index (χ1) is 7.91. The van der Waals surface area contributed by atoms with E-state index >= 15 is 0 Å². The van der Waals surface area contributed by atoms with Crippen LogP contribution in [0.1, 0.15) is 39.5 Å². The minimum Gasteiger partial charge on any atom is -0.480 e. The van der Waals surface area contributed by atoms with Crippen molar-refractivity contribution in [3.63, 3.8) is 0 Å². The van der Waals surface area contributed by atoms with Crippen LogP contribution in [0.25, 0.3) is 0 Å². The lowest BCUT2D eigenvalue weighted by atomic mass is 9.83. The highest BCUT2D eigenvalue weighted by molar-refractivity contribution is 5.86. The van der Waals surface area contributed by atoms with Crippen molar-refractivity contribution in [2.24, 2.45) is 11.8 Å². The number of carbonyl (C=O) groups excluding carboxylic acids is 2. The van der Waals surface area contributed by atoms with Crippen LogP contribution in [-0.4, -0.2) is 28.8 Å². The van der Waals surface area contributed by atoms with Gasteiger partial charge in [-0.25, -0.2) is 4.79 Å². The number of amides is 1. The van der Waals surface area contributed by atoms with Gasteiger partial charge in [-0.15, -0.1) is 0 Å². The van der Waals surface area contributed by atoms with Crippen LogP contribution in [0.15, 0.2) is 0 Å². The van der Waals surface area contributed by atoms with Gasteiger partial charge in [-0.1, -0.05) is 13.8 Å². The van der Waals surface area contributed by atoms with E-state index in [4.69, 9.17) is 5.11 Å². The Morgan fingerprint density at radius 2 is 2.06 bits per heavy atom. The number of rotatable bonds is 4. The van der Waals surface area contributed by atoms with Gasteiger partial charge in [-0.3, -0.25) is 9.59 Å². The summed E-state index contributed by atoms with van der Waals surface area (Å²) in [4.78, 5) is 34.0. The fourth-order valence-electron chi connectivity index (χ4n) is 2.04. The molecule has 0 unspecified atom stereocenters. The summed E-state index contributed by atoms with van der Waals surface area (Å²) in [5.74, 6) is -1.77. The van der Waals surface area contributed by atoms with Gasteiger partial charge in [0, 0.05) is 18.8 Å². The third-order valence-corrected chi connectivity index (χ3v) is 3.08. The highest BCUT2D eigenvalue weighted by Crippen LogP contribution is 2.24. The second kappa shape index (κ2) is 5.80. The molecule has 1 aliphatic rings. The van der Waals surface area contributed by atoms with E-state index < -0.39 is 12.0 Å². The second-order valence-electron chi connectivity index (χ2n) is 4.87. The Balaban J connectivity index is 2.68. The summed E-state index contributed by atoms with van der Waals surface area (Å²) >= 11 is 0. The summed E-state index contributed by atoms with van der Waals surface area (Å²) in [7, 11) is 0. The summed E-state index contributed by atoms with van der Waals surface area (Å²) in [5.41, 5.74) is 0. The molecule has 0 heterocycles. The molecule has 5 heteroatoms. The Hall–Kier alpha value is -1.39. The fourth-order valence-corrected chi connectivity index (χ4v) is 2.04. The molecule has 1 aliphatic carbocycles. The maximum Gasteiger partial charge on any atom is 0.326 e. The number of carbonyl (C=O) groups is 3. The lowest BCUT2D eigenvalue weighted by molar-refractivity contribution is -0.144. The summed E-state index contributed by atoms with van der Waals surface area (Å²) in [6.07, 6.45) is 2.18. The minimum absolute atomic E-state index is 0.0892. The van der Waals surface area contributed by atoms with E-state index in [-0.39, 0.29) is 29.9 Å². The van der Waals surface area contributed by atoms with Crippen molar-refractivity contribution in [1.82, 2.24) is 5.32 Å². The number of hydrogen-bond donors (Lipinski definition) is 2. The normalized spacial score (nSPS) is 22.3. The van der Waals surface area contributed by atoms with Crippen molar-refractivity contribution in [2.45, 2.75) is 45.6 Å². The molecule has 0 aromatic carbocycles. The number of ketones is 1. The number of aliphatic carboxylic acids is 1. The van der Waals surface area contributed by atoms with Crippen LogP contribution in [0.2, 0.25) is 0 Å². The van der Waals surface area contributed by atoms with Crippen molar-refractivity contribution in [1.29, 1.82) is 0 Å². The zero-order chi connectivity index (χ0) is 13.0. The van der Waals surface area contributed by atoms with E-state index in [2.05, 4.69) is 5.32 Å². The van der Waals surface area contributed by atoms with Crippen LogP contribution in [0.5, 0.6) is 0 Å². The van der Waals surface area contributed by atoms with E-state index in [1.54, 1.807) is 13.8 Å². The highest BCUT2D eigenvalue weighted by atomic mass is 16.4. The largest absolute Gasteiger partial charge is 0.480 e. The molecule has 0 saturated heterocycles. The first-order valence-electron chi connectivity index (χ1n) is 5.96. The standard InChI is InChI=1S/C12H19NO4/c1-7(2)11(15)13-10(12(16)17)8-4-3-5-9(14)6-8/h7-8,10H,3-6H2,1-2H3,(H,13,15)(H,16,17)/t8-,10+/m0/s1. The lowest BCUT2D eigenvalue weighted by Gasteiger charge is -2.27. The van der Waals surface area contributed by atoms with Crippen molar-refractivity contribution < 1.29 is 19.5 Å². The van der Waals surface area contributed by atoms with Crippen molar-refractivity contribution in [3.8, 4) is 0 Å². The number of carboxylic acid groups (broad SMARTS) is 1. The molecule has 1 saturated carbocycles. The Bertz CT molecular complexity index is 324. The van der Waals surface area contributed by atoms with Crippen LogP contribution in [0.4, 0.5) is 0 Å². The Morgan fingerprint density at radius 3 is 2.53 bits per heavy atom. The second-order valence-corrected chi connectivity index (χ2v) is 4.87. The highest BCUT2D eigenvalue weighted by Gasteiger charge is 2.33. The molecule has 0 bridgehead atoms. The Labute approximate surface area is 101 Å². The predicted octanol–water partition coefficient (Wildman–Crippen LogP) is 0.971. The summed E-state index contributed by atoms with van der Waals surface area (Å²) in [5, 5.41) is 11.6. The molecular weight excluding hydrogens is 222 g/mol. The number of Topliss-reactive ketones (excluding diaryl/α,β-unsaturated/α-hetero) is 1. The van der Waals surface area contributed by atoms with Gasteiger partial charge in [0.2, 0.25) is 5.91 Å². The van der Waals surface area contributed by atoms with Gasteiger partial charge in [0.05, 0.1) is 0 Å². The topological polar surface area (TPSA) is 83.5 Å². The first kappa shape index (κ1) is 13.7. The molecule has 0 spiro atoms. The van der Waals surface area contributed by atoms with E-state index in [1.165, 1.54) is 0 Å². The zero-order valence-corrected chi connectivity index (χ0v) is 10.2. The third kappa shape index (κ3) is 3.84. The predicted molar refractivity (Wildman–Crippen MR) is 61.4 cm³/mol. The molecule has 1 rings (SSSR count). The fraction of sp³-hybridized carbons (Fsp3) is 0.750. The Kier molecular flexibility index (Phi) is 4.66. The molecule has 17 heavy (non-hydrogen) atoms.